The summed E-state index contributed by atoms with van der Waals surface area (Å²) in [5.41, 5.74) is 14.1. The molecule has 0 heterocycles. The highest BCUT2D eigenvalue weighted by Crippen LogP contribution is 2.25. The molecule has 0 aromatic heterocycles. The van der Waals surface area contributed by atoms with E-state index in [0.29, 0.717) is 0 Å². The molecular formula is C9H19N3O4. The van der Waals surface area contributed by atoms with E-state index in [0.717, 1.165) is 0 Å². The van der Waals surface area contributed by atoms with Crippen molar-refractivity contribution in [2.75, 3.05) is 6.61 Å². The number of primary amides is 2. The van der Waals surface area contributed by atoms with E-state index < -0.39 is 42.4 Å². The third-order valence-electron chi connectivity index (χ3n) is 2.68. The lowest BCUT2D eigenvalue weighted by molar-refractivity contribution is -0.133. The first-order valence-electron chi connectivity index (χ1n) is 4.95. The summed E-state index contributed by atoms with van der Waals surface area (Å²) < 4.78 is 0. The van der Waals surface area contributed by atoms with Crippen LogP contribution < -0.4 is 17.2 Å². The van der Waals surface area contributed by atoms with Crippen LogP contribution in [0.1, 0.15) is 19.8 Å². The summed E-state index contributed by atoms with van der Waals surface area (Å²) in [6, 6.07) is 0. The largest absolute Gasteiger partial charge is 0.394 e. The van der Waals surface area contributed by atoms with Gasteiger partial charge in [-0.05, 0) is 6.42 Å². The van der Waals surface area contributed by atoms with Crippen molar-refractivity contribution in [2.45, 2.75) is 31.4 Å². The molecule has 0 aromatic carbocycles. The van der Waals surface area contributed by atoms with Crippen LogP contribution in [0.5, 0.6) is 0 Å². The Kier molecular flexibility index (Phi) is 5.36. The Morgan fingerprint density at radius 3 is 2.12 bits per heavy atom. The first kappa shape index (κ1) is 14.8. The van der Waals surface area contributed by atoms with Crippen LogP contribution in [0.3, 0.4) is 0 Å². The third-order valence-corrected chi connectivity index (χ3v) is 2.68. The monoisotopic (exact) mass is 233 g/mol. The number of nitrogens with two attached hydrogens (primary N) is 3. The van der Waals surface area contributed by atoms with E-state index in [4.69, 9.17) is 22.3 Å². The third kappa shape index (κ3) is 3.16. The molecule has 0 spiro atoms. The van der Waals surface area contributed by atoms with Crippen LogP contribution in [0, 0.1) is 5.92 Å². The van der Waals surface area contributed by atoms with Crippen LogP contribution in [-0.4, -0.2) is 40.3 Å². The van der Waals surface area contributed by atoms with Gasteiger partial charge in [0.1, 0.15) is 5.54 Å². The zero-order valence-electron chi connectivity index (χ0n) is 9.22. The molecule has 94 valence electrons. The number of aliphatic hydroxyl groups excluding tert-OH is 2. The summed E-state index contributed by atoms with van der Waals surface area (Å²) in [5, 5.41) is 18.4. The van der Waals surface area contributed by atoms with Crippen molar-refractivity contribution in [3.63, 3.8) is 0 Å². The highest BCUT2D eigenvalue weighted by atomic mass is 16.3. The van der Waals surface area contributed by atoms with Crippen LogP contribution in [0.25, 0.3) is 0 Å². The molecule has 7 heteroatoms. The number of amides is 2. The van der Waals surface area contributed by atoms with E-state index in [2.05, 4.69) is 0 Å². The van der Waals surface area contributed by atoms with Gasteiger partial charge in [0.15, 0.2) is 0 Å². The number of carbonyl (C=O) groups excluding carboxylic acids is 2. The maximum atomic E-state index is 11.3. The van der Waals surface area contributed by atoms with Gasteiger partial charge in [0.05, 0.1) is 19.1 Å². The van der Waals surface area contributed by atoms with E-state index in [1.54, 1.807) is 6.92 Å². The molecule has 8 N–H and O–H groups in total. The summed E-state index contributed by atoms with van der Waals surface area (Å²) in [7, 11) is 0. The van der Waals surface area contributed by atoms with Crippen molar-refractivity contribution in [1.29, 1.82) is 0 Å². The Hall–Kier alpha value is -1.18. The highest BCUT2D eigenvalue weighted by molar-refractivity contribution is 5.90. The van der Waals surface area contributed by atoms with Crippen molar-refractivity contribution >= 4 is 11.8 Å². The zero-order valence-corrected chi connectivity index (χ0v) is 9.22. The Morgan fingerprint density at radius 1 is 1.38 bits per heavy atom. The molecule has 0 aliphatic carbocycles. The molecule has 3 atom stereocenters. The van der Waals surface area contributed by atoms with Crippen LogP contribution in [0.15, 0.2) is 0 Å². The van der Waals surface area contributed by atoms with E-state index in [-0.39, 0.29) is 6.42 Å². The molecule has 0 saturated carbocycles. The predicted octanol–water partition coefficient (Wildman–Crippen LogP) is -2.58. The molecular weight excluding hydrogens is 214 g/mol. The molecule has 0 bridgehead atoms. The van der Waals surface area contributed by atoms with Gasteiger partial charge in [0.25, 0.3) is 0 Å². The molecule has 7 nitrogen and oxygen atoms in total. The van der Waals surface area contributed by atoms with Crippen molar-refractivity contribution in [2.24, 2.45) is 23.1 Å². The number of rotatable bonds is 7. The lowest BCUT2D eigenvalue weighted by Gasteiger charge is -2.35. The normalized spacial score (nSPS) is 18.5. The van der Waals surface area contributed by atoms with Gasteiger partial charge < -0.3 is 27.4 Å². The quantitative estimate of drug-likeness (QED) is 0.327. The van der Waals surface area contributed by atoms with Crippen LogP contribution in [0.4, 0.5) is 0 Å². The molecule has 0 fully saturated rings. The van der Waals surface area contributed by atoms with Gasteiger partial charge in [-0.3, -0.25) is 9.59 Å². The fourth-order valence-corrected chi connectivity index (χ4v) is 1.80. The Morgan fingerprint density at radius 2 is 1.88 bits per heavy atom. The molecule has 0 aromatic rings. The minimum Gasteiger partial charge on any atom is -0.394 e. The Labute approximate surface area is 93.6 Å². The second-order valence-electron chi connectivity index (χ2n) is 3.81. The molecule has 3 unspecified atom stereocenters. The second-order valence-corrected chi connectivity index (χ2v) is 3.81. The first-order valence-corrected chi connectivity index (χ1v) is 4.95. The fourth-order valence-electron chi connectivity index (χ4n) is 1.80. The summed E-state index contributed by atoms with van der Waals surface area (Å²) in [4.78, 5) is 22.1. The molecule has 16 heavy (non-hydrogen) atoms. The molecule has 0 radical (unpaired) electrons. The van der Waals surface area contributed by atoms with E-state index in [9.17, 15) is 14.7 Å². The number of hydrogen-bond acceptors (Lipinski definition) is 5. The van der Waals surface area contributed by atoms with E-state index in [1.165, 1.54) is 0 Å². The van der Waals surface area contributed by atoms with Gasteiger partial charge in [-0.2, -0.15) is 0 Å². The highest BCUT2D eigenvalue weighted by Gasteiger charge is 2.44. The second kappa shape index (κ2) is 5.78. The lowest BCUT2D eigenvalue weighted by Crippen LogP contribution is -2.62. The molecule has 0 aliphatic heterocycles. The number of aliphatic hydroxyl groups is 2. The predicted molar refractivity (Wildman–Crippen MR) is 56.8 cm³/mol. The maximum absolute atomic E-state index is 11.3. The number of hydrogen-bond donors (Lipinski definition) is 5. The van der Waals surface area contributed by atoms with Crippen LogP contribution in [-0.2, 0) is 9.59 Å². The summed E-state index contributed by atoms with van der Waals surface area (Å²) in [5.74, 6) is -2.53. The molecule has 0 rings (SSSR count). The Balaban J connectivity index is 5.13. The standard InChI is InChI=1S/C9H19N3O4/c1-2-5(6(14)4-13)9(12,8(11)16)3-7(10)15/h5-6,13-14H,2-4,12H2,1H3,(H2,10,15)(H2,11,16). The summed E-state index contributed by atoms with van der Waals surface area (Å²) in [6.07, 6.45) is -1.39. The topological polar surface area (TPSA) is 153 Å². The minimum atomic E-state index is -1.73. The van der Waals surface area contributed by atoms with Gasteiger partial charge in [0.2, 0.25) is 11.8 Å². The average molecular weight is 233 g/mol. The van der Waals surface area contributed by atoms with Crippen molar-refractivity contribution < 1.29 is 19.8 Å². The summed E-state index contributed by atoms with van der Waals surface area (Å²) >= 11 is 0. The maximum Gasteiger partial charge on any atom is 0.238 e. The molecule has 0 saturated heterocycles. The smallest absolute Gasteiger partial charge is 0.238 e. The van der Waals surface area contributed by atoms with Crippen LogP contribution >= 0.6 is 0 Å². The minimum absolute atomic E-state index is 0.286. The zero-order chi connectivity index (χ0) is 12.9. The van der Waals surface area contributed by atoms with Crippen molar-refractivity contribution in [3.05, 3.63) is 0 Å². The molecule has 0 aliphatic rings. The van der Waals surface area contributed by atoms with Gasteiger partial charge in [-0.25, -0.2) is 0 Å². The van der Waals surface area contributed by atoms with Gasteiger partial charge in [-0.15, -0.1) is 0 Å². The van der Waals surface area contributed by atoms with Crippen molar-refractivity contribution in [1.82, 2.24) is 0 Å². The Bertz CT molecular complexity index is 271. The fraction of sp³-hybridized carbons (Fsp3) is 0.778. The van der Waals surface area contributed by atoms with Gasteiger partial charge >= 0.3 is 0 Å². The van der Waals surface area contributed by atoms with Crippen molar-refractivity contribution in [3.8, 4) is 0 Å². The van der Waals surface area contributed by atoms with E-state index in [1.807, 2.05) is 0 Å². The van der Waals surface area contributed by atoms with E-state index >= 15 is 0 Å². The summed E-state index contributed by atoms with van der Waals surface area (Å²) in [6.45, 7) is 1.10. The average Bonchev–Trinajstić information content (AvgIpc) is 2.16. The van der Waals surface area contributed by atoms with Gasteiger partial charge in [-0.1, -0.05) is 6.92 Å². The lowest BCUT2D eigenvalue weighted by atomic mass is 9.76. The molecule has 2 amide bonds. The number of carbonyl (C=O) groups is 2. The van der Waals surface area contributed by atoms with Crippen LogP contribution in [0.2, 0.25) is 0 Å². The first-order chi connectivity index (χ1) is 7.29. The van der Waals surface area contributed by atoms with Gasteiger partial charge in [0, 0.05) is 5.92 Å². The SMILES string of the molecule is CCC(C(O)CO)C(N)(CC(N)=O)C(N)=O.